The summed E-state index contributed by atoms with van der Waals surface area (Å²) in [6, 6.07) is 0. The maximum absolute atomic E-state index is 10.4. The standard InChI is InChI=1S/C2HFO4.Li.H3O4P.H/c3-7-2(6)1(4)5;;1-5(2,3)4;/h(H,4,5);;(H3,1,2,3,4);. The van der Waals surface area contributed by atoms with Crippen LogP contribution < -0.4 is 0 Å². The fraction of sp³-hybridized carbons (Fsp3) is 0. The normalized spacial score (nSPS) is 8.62. The topological polar surface area (TPSA) is 141 Å². The summed E-state index contributed by atoms with van der Waals surface area (Å²) < 4.78 is 19.3. The molecule has 0 aromatic heterocycles. The second kappa shape index (κ2) is 8.19. The van der Waals surface area contributed by atoms with Crippen LogP contribution in [0, 0.1) is 0 Å². The molecular formula is C2H5FLiO8P. The van der Waals surface area contributed by atoms with E-state index in [-0.39, 0.29) is 18.9 Å². The van der Waals surface area contributed by atoms with Crippen LogP contribution in [0.25, 0.3) is 0 Å². The minimum atomic E-state index is -4.64. The number of carbonyl (C=O) groups excluding carboxylic acids is 1. The van der Waals surface area contributed by atoms with Gasteiger partial charge < -0.3 is 19.8 Å². The van der Waals surface area contributed by atoms with Gasteiger partial charge >= 0.3 is 38.6 Å². The first-order valence-corrected chi connectivity index (χ1v) is 3.59. The van der Waals surface area contributed by atoms with Crippen LogP contribution in [0.15, 0.2) is 0 Å². The number of hydrogen-bond acceptors (Lipinski definition) is 4. The van der Waals surface area contributed by atoms with Crippen LogP contribution in [0.5, 0.6) is 0 Å². The first-order valence-electron chi connectivity index (χ1n) is 2.02. The number of phosphoric acid groups is 1. The van der Waals surface area contributed by atoms with E-state index in [0.29, 0.717) is 0 Å². The van der Waals surface area contributed by atoms with Crippen LogP contribution in [-0.2, 0) is 19.1 Å². The Bertz CT molecular complexity index is 202. The average molecular weight is 214 g/mol. The van der Waals surface area contributed by atoms with Gasteiger partial charge in [0.15, 0.2) is 0 Å². The van der Waals surface area contributed by atoms with Crippen molar-refractivity contribution in [2.75, 3.05) is 0 Å². The fourth-order valence-electron chi connectivity index (χ4n) is 0.0330. The zero-order chi connectivity index (χ0) is 10.4. The van der Waals surface area contributed by atoms with Crippen molar-refractivity contribution < 1.29 is 43.4 Å². The van der Waals surface area contributed by atoms with Crippen LogP contribution in [0.2, 0.25) is 0 Å². The third kappa shape index (κ3) is 34.1. The zero-order valence-corrected chi connectivity index (χ0v) is 6.14. The molecule has 0 aromatic carbocycles. The molecule has 0 spiro atoms. The molecule has 13 heavy (non-hydrogen) atoms. The molecule has 0 fully saturated rings. The van der Waals surface area contributed by atoms with Crippen molar-refractivity contribution in [1.29, 1.82) is 0 Å². The van der Waals surface area contributed by atoms with Crippen molar-refractivity contribution in [3.05, 3.63) is 0 Å². The summed E-state index contributed by atoms with van der Waals surface area (Å²) >= 11 is 0. The van der Waals surface area contributed by atoms with Crippen molar-refractivity contribution in [3.8, 4) is 0 Å². The van der Waals surface area contributed by atoms with E-state index in [2.05, 4.69) is 4.94 Å². The Morgan fingerprint density at radius 2 is 1.46 bits per heavy atom. The van der Waals surface area contributed by atoms with Gasteiger partial charge in [0.2, 0.25) is 0 Å². The van der Waals surface area contributed by atoms with Gasteiger partial charge in [-0.25, -0.2) is 19.1 Å². The Morgan fingerprint density at radius 1 is 1.23 bits per heavy atom. The predicted molar refractivity (Wildman–Crippen MR) is 36.2 cm³/mol. The molecule has 0 aliphatic rings. The molecule has 11 heteroatoms. The summed E-state index contributed by atoms with van der Waals surface area (Å²) in [5, 5.41) is 7.47. The van der Waals surface area contributed by atoms with Gasteiger partial charge in [0.1, 0.15) is 0 Å². The van der Waals surface area contributed by atoms with Gasteiger partial charge in [0.05, 0.1) is 0 Å². The van der Waals surface area contributed by atoms with E-state index in [1.165, 1.54) is 0 Å². The third-order valence-electron chi connectivity index (χ3n) is 0.245. The Labute approximate surface area is 82.6 Å². The number of carboxylic acid groups (broad SMARTS) is 1. The molecule has 4 N–H and O–H groups in total. The number of aliphatic carboxylic acids is 1. The molecule has 0 saturated heterocycles. The van der Waals surface area contributed by atoms with Crippen molar-refractivity contribution in [2.45, 2.75) is 0 Å². The SMILES string of the molecule is O=C(O)C(=O)OF.O=P(O)(O)O.[LiH]. The quantitative estimate of drug-likeness (QED) is 0.204. The number of hydrogen-bond donors (Lipinski definition) is 4. The Balaban J connectivity index is -0.000000150. The molecule has 0 heterocycles. The molecule has 0 aliphatic carbocycles. The number of halogens is 1. The van der Waals surface area contributed by atoms with E-state index in [9.17, 15) is 14.1 Å². The first-order chi connectivity index (χ1) is 5.18. The predicted octanol–water partition coefficient (Wildman–Crippen LogP) is -2.08. The van der Waals surface area contributed by atoms with Gasteiger partial charge in [-0.05, 0) is 0 Å². The summed E-state index contributed by atoms with van der Waals surface area (Å²) in [6.07, 6.45) is 0. The van der Waals surface area contributed by atoms with E-state index in [1.54, 1.807) is 0 Å². The van der Waals surface area contributed by atoms with Gasteiger partial charge in [-0.2, -0.15) is 0 Å². The van der Waals surface area contributed by atoms with Crippen molar-refractivity contribution in [2.24, 2.45) is 0 Å². The molecule has 0 bridgehead atoms. The van der Waals surface area contributed by atoms with Crippen molar-refractivity contribution >= 4 is 38.6 Å². The van der Waals surface area contributed by atoms with E-state index >= 15 is 0 Å². The number of carbonyl (C=O) groups is 2. The summed E-state index contributed by atoms with van der Waals surface area (Å²) in [6.45, 7) is 0. The average Bonchev–Trinajstić information content (AvgIpc) is 1.82. The second-order valence-electron chi connectivity index (χ2n) is 1.18. The molecule has 0 amide bonds. The fourth-order valence-corrected chi connectivity index (χ4v) is 0.0330. The molecule has 0 unspecified atom stereocenters. The molecule has 8 nitrogen and oxygen atoms in total. The van der Waals surface area contributed by atoms with E-state index in [1.807, 2.05) is 0 Å². The summed E-state index contributed by atoms with van der Waals surface area (Å²) in [5.41, 5.74) is 0. The van der Waals surface area contributed by atoms with Gasteiger partial charge in [0, 0.05) is 4.53 Å². The first kappa shape index (κ1) is 18.4. The van der Waals surface area contributed by atoms with Gasteiger partial charge in [-0.3, -0.25) is 0 Å². The Kier molecular flexibility index (Phi) is 11.6. The van der Waals surface area contributed by atoms with Crippen LogP contribution in [0.4, 0.5) is 4.53 Å². The molecule has 0 atom stereocenters. The Morgan fingerprint density at radius 3 is 1.46 bits per heavy atom. The maximum atomic E-state index is 10.4. The van der Waals surface area contributed by atoms with Gasteiger partial charge in [-0.15, -0.1) is 0 Å². The Hall–Kier alpha value is -0.423. The molecule has 0 saturated carbocycles. The molecular weight excluding hydrogens is 209 g/mol. The third-order valence-corrected chi connectivity index (χ3v) is 0.245. The minimum absolute atomic E-state index is 0. The van der Waals surface area contributed by atoms with Crippen LogP contribution in [-0.4, -0.2) is 50.6 Å². The molecule has 0 rings (SSSR count). The van der Waals surface area contributed by atoms with E-state index in [0.717, 1.165) is 0 Å². The molecule has 0 aromatic rings. The number of rotatable bonds is 0. The summed E-state index contributed by atoms with van der Waals surface area (Å²) in [7, 11) is -4.64. The van der Waals surface area contributed by atoms with Crippen molar-refractivity contribution in [1.82, 2.24) is 0 Å². The van der Waals surface area contributed by atoms with Crippen LogP contribution in [0.1, 0.15) is 0 Å². The molecule has 0 aliphatic heterocycles. The van der Waals surface area contributed by atoms with Gasteiger partial charge in [-0.1, -0.05) is 0 Å². The number of carboxylic acids is 1. The van der Waals surface area contributed by atoms with Crippen LogP contribution >= 0.6 is 7.82 Å². The molecule has 0 radical (unpaired) electrons. The monoisotopic (exact) mass is 214 g/mol. The van der Waals surface area contributed by atoms with Crippen molar-refractivity contribution in [3.63, 3.8) is 0 Å². The second-order valence-corrected chi connectivity index (χ2v) is 2.21. The van der Waals surface area contributed by atoms with E-state index < -0.39 is 19.8 Å². The van der Waals surface area contributed by atoms with Gasteiger partial charge in [0.25, 0.3) is 0 Å². The summed E-state index contributed by atoms with van der Waals surface area (Å²) in [5.74, 6) is -3.84. The molecule has 74 valence electrons. The summed E-state index contributed by atoms with van der Waals surface area (Å²) in [4.78, 5) is 42.4. The zero-order valence-electron chi connectivity index (χ0n) is 5.25. The van der Waals surface area contributed by atoms with E-state index in [4.69, 9.17) is 24.4 Å². The van der Waals surface area contributed by atoms with Crippen LogP contribution in [0.3, 0.4) is 0 Å².